The standard InChI is InChI=1S/C13H25NO2/c1-10(2)11(12(15)16)14-8-5-6-13(3,4)7-9-14/h10-11H,5-9H2,1-4H3,(H,15,16). The van der Waals surface area contributed by atoms with Crippen molar-refractivity contribution in [1.82, 2.24) is 4.90 Å². The second-order valence-electron chi connectivity index (χ2n) is 6.08. The highest BCUT2D eigenvalue weighted by molar-refractivity contribution is 5.73. The molecule has 0 saturated carbocycles. The van der Waals surface area contributed by atoms with Gasteiger partial charge in [0.05, 0.1) is 0 Å². The molecule has 1 unspecified atom stereocenters. The molecule has 0 aromatic carbocycles. The van der Waals surface area contributed by atoms with E-state index in [1.54, 1.807) is 0 Å². The van der Waals surface area contributed by atoms with Crippen LogP contribution < -0.4 is 0 Å². The van der Waals surface area contributed by atoms with E-state index in [2.05, 4.69) is 18.7 Å². The fourth-order valence-corrected chi connectivity index (χ4v) is 2.58. The minimum Gasteiger partial charge on any atom is -0.480 e. The number of hydrogen-bond donors (Lipinski definition) is 1. The van der Waals surface area contributed by atoms with Crippen LogP contribution in [0.5, 0.6) is 0 Å². The smallest absolute Gasteiger partial charge is 0.321 e. The minimum atomic E-state index is -0.672. The summed E-state index contributed by atoms with van der Waals surface area (Å²) in [5, 5.41) is 9.28. The summed E-state index contributed by atoms with van der Waals surface area (Å²) < 4.78 is 0. The van der Waals surface area contributed by atoms with Crippen LogP contribution >= 0.6 is 0 Å². The van der Waals surface area contributed by atoms with Gasteiger partial charge in [0.2, 0.25) is 0 Å². The van der Waals surface area contributed by atoms with Crippen molar-refractivity contribution >= 4 is 5.97 Å². The topological polar surface area (TPSA) is 40.5 Å². The van der Waals surface area contributed by atoms with E-state index in [1.807, 2.05) is 13.8 Å². The second-order valence-corrected chi connectivity index (χ2v) is 6.08. The Morgan fingerprint density at radius 2 is 1.88 bits per heavy atom. The molecule has 0 aliphatic carbocycles. The average Bonchev–Trinajstić information content (AvgIpc) is 2.27. The average molecular weight is 227 g/mol. The molecule has 1 rings (SSSR count). The van der Waals surface area contributed by atoms with Gasteiger partial charge in [-0.2, -0.15) is 0 Å². The zero-order chi connectivity index (χ0) is 12.3. The third kappa shape index (κ3) is 3.48. The lowest BCUT2D eigenvalue weighted by molar-refractivity contribution is -0.145. The van der Waals surface area contributed by atoms with Crippen molar-refractivity contribution in [2.24, 2.45) is 11.3 Å². The Labute approximate surface area is 98.8 Å². The van der Waals surface area contributed by atoms with Crippen molar-refractivity contribution in [3.8, 4) is 0 Å². The first-order valence-corrected chi connectivity index (χ1v) is 6.30. The molecule has 16 heavy (non-hydrogen) atoms. The SMILES string of the molecule is CC(C)C(C(=O)O)N1CCCC(C)(C)CC1. The largest absolute Gasteiger partial charge is 0.480 e. The van der Waals surface area contributed by atoms with Gasteiger partial charge in [0.25, 0.3) is 0 Å². The third-order valence-corrected chi connectivity index (χ3v) is 3.65. The summed E-state index contributed by atoms with van der Waals surface area (Å²) in [6.07, 6.45) is 3.42. The van der Waals surface area contributed by atoms with E-state index in [-0.39, 0.29) is 12.0 Å². The van der Waals surface area contributed by atoms with E-state index in [4.69, 9.17) is 0 Å². The molecule has 0 radical (unpaired) electrons. The molecule has 1 aliphatic heterocycles. The summed E-state index contributed by atoms with van der Waals surface area (Å²) in [5.74, 6) is -0.492. The zero-order valence-corrected chi connectivity index (χ0v) is 11.0. The van der Waals surface area contributed by atoms with E-state index in [1.165, 1.54) is 6.42 Å². The first-order chi connectivity index (χ1) is 7.33. The molecule has 3 heteroatoms. The maximum absolute atomic E-state index is 11.3. The third-order valence-electron chi connectivity index (χ3n) is 3.65. The van der Waals surface area contributed by atoms with Crippen molar-refractivity contribution in [2.75, 3.05) is 13.1 Å². The molecule has 3 nitrogen and oxygen atoms in total. The minimum absolute atomic E-state index is 0.179. The highest BCUT2D eigenvalue weighted by atomic mass is 16.4. The number of likely N-dealkylation sites (tertiary alicyclic amines) is 1. The lowest BCUT2D eigenvalue weighted by atomic mass is 9.85. The molecule has 1 fully saturated rings. The van der Waals surface area contributed by atoms with Crippen LogP contribution in [0.15, 0.2) is 0 Å². The molecule has 1 aliphatic rings. The Bertz CT molecular complexity index is 248. The number of aliphatic carboxylic acids is 1. The number of nitrogens with zero attached hydrogens (tertiary/aromatic N) is 1. The first kappa shape index (κ1) is 13.5. The number of rotatable bonds is 3. The van der Waals surface area contributed by atoms with Crippen molar-refractivity contribution < 1.29 is 9.90 Å². The van der Waals surface area contributed by atoms with Crippen molar-refractivity contribution in [1.29, 1.82) is 0 Å². The van der Waals surface area contributed by atoms with Gasteiger partial charge in [0.15, 0.2) is 0 Å². The molecule has 0 bridgehead atoms. The van der Waals surface area contributed by atoms with Crippen molar-refractivity contribution in [3.05, 3.63) is 0 Å². The normalized spacial score (nSPS) is 24.1. The van der Waals surface area contributed by atoms with Gasteiger partial charge in [-0.3, -0.25) is 9.69 Å². The first-order valence-electron chi connectivity index (χ1n) is 6.30. The second kappa shape index (κ2) is 5.17. The summed E-state index contributed by atoms with van der Waals surface area (Å²) in [4.78, 5) is 13.4. The number of carboxylic acid groups (broad SMARTS) is 1. The lowest BCUT2D eigenvalue weighted by Gasteiger charge is -2.30. The van der Waals surface area contributed by atoms with Crippen LogP contribution in [0, 0.1) is 11.3 Å². The van der Waals surface area contributed by atoms with E-state index in [0.29, 0.717) is 5.41 Å². The summed E-state index contributed by atoms with van der Waals surface area (Å²) in [6.45, 7) is 10.4. The fraction of sp³-hybridized carbons (Fsp3) is 0.923. The molecule has 0 spiro atoms. The van der Waals surface area contributed by atoms with Crippen LogP contribution in [0.2, 0.25) is 0 Å². The van der Waals surface area contributed by atoms with Crippen molar-refractivity contribution in [3.63, 3.8) is 0 Å². The van der Waals surface area contributed by atoms with Crippen LogP contribution in [0.4, 0.5) is 0 Å². The monoisotopic (exact) mass is 227 g/mol. The Balaban J connectivity index is 2.68. The van der Waals surface area contributed by atoms with Crippen LogP contribution in [0.1, 0.15) is 47.0 Å². The molecule has 0 aromatic rings. The maximum Gasteiger partial charge on any atom is 0.321 e. The van der Waals surface area contributed by atoms with Gasteiger partial charge in [0, 0.05) is 0 Å². The molecule has 1 saturated heterocycles. The van der Waals surface area contributed by atoms with Crippen LogP contribution in [-0.2, 0) is 4.79 Å². The zero-order valence-electron chi connectivity index (χ0n) is 11.0. The highest BCUT2D eigenvalue weighted by Gasteiger charge is 2.32. The molecule has 1 N–H and O–H groups in total. The van der Waals surface area contributed by atoms with Gasteiger partial charge in [-0.1, -0.05) is 27.7 Å². The van der Waals surface area contributed by atoms with E-state index in [9.17, 15) is 9.90 Å². The lowest BCUT2D eigenvalue weighted by Crippen LogP contribution is -2.45. The Kier molecular flexibility index (Phi) is 4.36. The van der Waals surface area contributed by atoms with Gasteiger partial charge in [-0.25, -0.2) is 0 Å². The molecular weight excluding hydrogens is 202 g/mol. The number of carbonyl (C=O) groups is 1. The summed E-state index contributed by atoms with van der Waals surface area (Å²) in [6, 6.07) is -0.311. The predicted molar refractivity (Wildman–Crippen MR) is 65.5 cm³/mol. The van der Waals surface area contributed by atoms with E-state index >= 15 is 0 Å². The van der Waals surface area contributed by atoms with Crippen molar-refractivity contribution in [2.45, 2.75) is 53.0 Å². The quantitative estimate of drug-likeness (QED) is 0.805. The molecule has 1 heterocycles. The Morgan fingerprint density at radius 3 is 2.38 bits per heavy atom. The number of hydrogen-bond acceptors (Lipinski definition) is 2. The van der Waals surface area contributed by atoms with Gasteiger partial charge in [-0.05, 0) is 43.7 Å². The van der Waals surface area contributed by atoms with Gasteiger partial charge >= 0.3 is 5.97 Å². The molecule has 0 aromatic heterocycles. The fourth-order valence-electron chi connectivity index (χ4n) is 2.58. The Morgan fingerprint density at radius 1 is 1.25 bits per heavy atom. The maximum atomic E-state index is 11.3. The van der Waals surface area contributed by atoms with E-state index in [0.717, 1.165) is 25.9 Å². The summed E-state index contributed by atoms with van der Waals surface area (Å²) in [7, 11) is 0. The van der Waals surface area contributed by atoms with Crippen LogP contribution in [-0.4, -0.2) is 35.1 Å². The molecule has 94 valence electrons. The molecule has 1 atom stereocenters. The summed E-state index contributed by atoms with van der Waals surface area (Å²) >= 11 is 0. The van der Waals surface area contributed by atoms with Crippen LogP contribution in [0.25, 0.3) is 0 Å². The number of carboxylic acids is 1. The van der Waals surface area contributed by atoms with Gasteiger partial charge < -0.3 is 5.11 Å². The predicted octanol–water partition coefficient (Wildman–Crippen LogP) is 2.61. The van der Waals surface area contributed by atoms with Crippen LogP contribution in [0.3, 0.4) is 0 Å². The molecule has 0 amide bonds. The highest BCUT2D eigenvalue weighted by Crippen LogP contribution is 2.31. The Hall–Kier alpha value is -0.570. The summed E-state index contributed by atoms with van der Waals surface area (Å²) in [5.41, 5.74) is 0.370. The van der Waals surface area contributed by atoms with E-state index < -0.39 is 5.97 Å². The molecular formula is C13H25NO2. The van der Waals surface area contributed by atoms with Gasteiger partial charge in [-0.15, -0.1) is 0 Å². The van der Waals surface area contributed by atoms with Gasteiger partial charge in [0.1, 0.15) is 6.04 Å².